The molecule has 5 rings (SSSR count). The number of pyridine rings is 1. The van der Waals surface area contributed by atoms with Gasteiger partial charge in [-0.1, -0.05) is 18.2 Å². The first kappa shape index (κ1) is 18.3. The first-order valence-electron chi connectivity index (χ1n) is 10.2. The van der Waals surface area contributed by atoms with Crippen LogP contribution in [0.1, 0.15) is 22.6 Å². The van der Waals surface area contributed by atoms with Gasteiger partial charge in [-0.3, -0.25) is 4.98 Å². The molecule has 1 saturated heterocycles. The maximum Gasteiger partial charge on any atom is 0.139 e. The second kappa shape index (κ2) is 7.97. The van der Waals surface area contributed by atoms with Gasteiger partial charge in [-0.2, -0.15) is 0 Å². The molecule has 0 bridgehead atoms. The molecule has 1 fully saturated rings. The lowest BCUT2D eigenvalue weighted by atomic mass is 10.1. The number of nitrogens with zero attached hydrogens (tertiary/aromatic N) is 3. The predicted octanol–water partition coefficient (Wildman–Crippen LogP) is 4.49. The number of benzene rings is 1. The Morgan fingerprint density at radius 1 is 1.17 bits per heavy atom. The molecule has 0 amide bonds. The minimum Gasteiger partial charge on any atom is -0.353 e. The number of aromatic nitrogens is 1. The third kappa shape index (κ3) is 3.91. The van der Waals surface area contributed by atoms with Crippen LogP contribution >= 0.6 is 11.3 Å². The van der Waals surface area contributed by atoms with Crippen LogP contribution in [0.2, 0.25) is 0 Å². The van der Waals surface area contributed by atoms with Crippen molar-refractivity contribution in [2.75, 3.05) is 25.0 Å². The number of amidine groups is 1. The maximum atomic E-state index is 5.12. The van der Waals surface area contributed by atoms with Crippen molar-refractivity contribution in [3.05, 3.63) is 70.9 Å². The summed E-state index contributed by atoms with van der Waals surface area (Å²) in [4.78, 5) is 13.3. The zero-order valence-electron chi connectivity index (χ0n) is 16.6. The number of rotatable bonds is 3. The lowest BCUT2D eigenvalue weighted by Gasteiger charge is -2.35. The lowest BCUT2D eigenvalue weighted by Crippen LogP contribution is -2.52. The number of nitrogens with one attached hydrogen (secondary N) is 2. The lowest BCUT2D eigenvalue weighted by molar-refractivity contribution is 0.282. The van der Waals surface area contributed by atoms with E-state index in [4.69, 9.17) is 4.99 Å². The molecule has 0 radical (unpaired) electrons. The molecule has 1 atom stereocenters. The van der Waals surface area contributed by atoms with Gasteiger partial charge in [-0.05, 0) is 50.1 Å². The molecule has 2 aromatic heterocycles. The van der Waals surface area contributed by atoms with Gasteiger partial charge >= 0.3 is 0 Å². The quantitative estimate of drug-likeness (QED) is 0.676. The van der Waals surface area contributed by atoms with E-state index in [1.54, 1.807) is 11.3 Å². The van der Waals surface area contributed by atoms with Crippen LogP contribution in [-0.4, -0.2) is 41.4 Å². The van der Waals surface area contributed by atoms with Crippen LogP contribution < -0.4 is 10.6 Å². The fourth-order valence-electron chi connectivity index (χ4n) is 4.07. The number of anilines is 2. The van der Waals surface area contributed by atoms with E-state index in [2.05, 4.69) is 69.9 Å². The molecule has 2 aliphatic heterocycles. The number of hydrogen-bond donors (Lipinski definition) is 2. The molecular weight excluding hydrogens is 378 g/mol. The Bertz CT molecular complexity index is 1030. The van der Waals surface area contributed by atoms with E-state index in [0.717, 1.165) is 55.4 Å². The average molecular weight is 404 g/mol. The van der Waals surface area contributed by atoms with E-state index in [9.17, 15) is 0 Å². The Kier molecular flexibility index (Phi) is 5.04. The number of fused-ring (bicyclic) bond motifs is 2. The Hall–Kier alpha value is -2.70. The van der Waals surface area contributed by atoms with Gasteiger partial charge in [-0.25, -0.2) is 4.99 Å². The summed E-state index contributed by atoms with van der Waals surface area (Å²) in [5.41, 5.74) is 4.46. The summed E-state index contributed by atoms with van der Waals surface area (Å²) in [6.07, 6.45) is 3.94. The number of aliphatic imine (C=N–C) groups is 1. The predicted molar refractivity (Wildman–Crippen MR) is 121 cm³/mol. The van der Waals surface area contributed by atoms with Crippen molar-refractivity contribution in [2.24, 2.45) is 4.99 Å². The van der Waals surface area contributed by atoms with Crippen molar-refractivity contribution in [3.8, 4) is 0 Å². The molecule has 3 aromatic rings. The molecular formula is C23H25N5S. The molecule has 1 aromatic carbocycles. The van der Waals surface area contributed by atoms with Crippen molar-refractivity contribution in [1.82, 2.24) is 15.2 Å². The highest BCUT2D eigenvalue weighted by Gasteiger charge is 2.27. The number of hydrogen-bond acceptors (Lipinski definition) is 6. The van der Waals surface area contributed by atoms with Gasteiger partial charge in [0, 0.05) is 42.4 Å². The smallest absolute Gasteiger partial charge is 0.139 e. The van der Waals surface area contributed by atoms with Crippen LogP contribution in [0.4, 0.5) is 16.4 Å². The van der Waals surface area contributed by atoms with Crippen LogP contribution in [0, 0.1) is 6.92 Å². The number of para-hydroxylation sites is 2. The Morgan fingerprint density at radius 2 is 2.07 bits per heavy atom. The van der Waals surface area contributed by atoms with Gasteiger partial charge in [0.25, 0.3) is 0 Å². The average Bonchev–Trinajstić information content (AvgIpc) is 3.04. The van der Waals surface area contributed by atoms with Crippen molar-refractivity contribution in [1.29, 1.82) is 0 Å². The van der Waals surface area contributed by atoms with Crippen molar-refractivity contribution < 1.29 is 0 Å². The fourth-order valence-corrected chi connectivity index (χ4v) is 4.99. The number of thiophene rings is 1. The molecule has 6 heteroatoms. The van der Waals surface area contributed by atoms with Crippen LogP contribution in [0.5, 0.6) is 0 Å². The second-order valence-electron chi connectivity index (χ2n) is 7.63. The Morgan fingerprint density at radius 3 is 2.97 bits per heavy atom. The molecule has 0 spiro atoms. The van der Waals surface area contributed by atoms with E-state index in [-0.39, 0.29) is 0 Å². The molecule has 148 valence electrons. The van der Waals surface area contributed by atoms with Crippen LogP contribution in [-0.2, 0) is 6.42 Å². The Labute approximate surface area is 175 Å². The molecule has 4 heterocycles. The third-order valence-electron chi connectivity index (χ3n) is 5.50. The van der Waals surface area contributed by atoms with Gasteiger partial charge < -0.3 is 15.5 Å². The van der Waals surface area contributed by atoms with Gasteiger partial charge in [0.15, 0.2) is 0 Å². The molecule has 29 heavy (non-hydrogen) atoms. The van der Waals surface area contributed by atoms with Crippen LogP contribution in [0.3, 0.4) is 0 Å². The van der Waals surface area contributed by atoms with Crippen LogP contribution in [0.25, 0.3) is 0 Å². The second-order valence-corrected chi connectivity index (χ2v) is 8.89. The summed E-state index contributed by atoms with van der Waals surface area (Å²) in [7, 11) is 0. The van der Waals surface area contributed by atoms with Crippen LogP contribution in [0.15, 0.2) is 59.7 Å². The normalized spacial score (nSPS) is 18.3. The Balaban J connectivity index is 1.40. The number of aryl methyl sites for hydroxylation is 2. The topological polar surface area (TPSA) is 52.6 Å². The first-order valence-corrected chi connectivity index (χ1v) is 11.0. The molecule has 2 N–H and O–H groups in total. The summed E-state index contributed by atoms with van der Waals surface area (Å²) in [5, 5.41) is 8.48. The van der Waals surface area contributed by atoms with E-state index in [1.807, 2.05) is 12.3 Å². The zero-order chi connectivity index (χ0) is 19.6. The first-order chi connectivity index (χ1) is 14.3. The summed E-state index contributed by atoms with van der Waals surface area (Å²) in [5.74, 6) is 1.09. The molecule has 2 aliphatic rings. The highest BCUT2D eigenvalue weighted by molar-refractivity contribution is 7.16. The van der Waals surface area contributed by atoms with E-state index >= 15 is 0 Å². The minimum atomic E-state index is 0.433. The zero-order valence-corrected chi connectivity index (χ0v) is 17.4. The van der Waals surface area contributed by atoms with Crippen molar-refractivity contribution >= 4 is 33.5 Å². The monoisotopic (exact) mass is 403 g/mol. The van der Waals surface area contributed by atoms with Crippen molar-refractivity contribution in [2.45, 2.75) is 25.8 Å². The largest absolute Gasteiger partial charge is 0.353 e. The molecule has 5 nitrogen and oxygen atoms in total. The summed E-state index contributed by atoms with van der Waals surface area (Å²) in [6, 6.07) is 17.2. The van der Waals surface area contributed by atoms with Gasteiger partial charge in [0.2, 0.25) is 0 Å². The maximum absolute atomic E-state index is 5.12. The minimum absolute atomic E-state index is 0.433. The molecule has 0 saturated carbocycles. The molecule has 0 aliphatic carbocycles. The van der Waals surface area contributed by atoms with Gasteiger partial charge in [-0.15, -0.1) is 11.3 Å². The fraction of sp³-hybridized carbons (Fsp3) is 0.304. The highest BCUT2D eigenvalue weighted by Crippen LogP contribution is 2.39. The van der Waals surface area contributed by atoms with Gasteiger partial charge in [0.05, 0.1) is 16.9 Å². The summed E-state index contributed by atoms with van der Waals surface area (Å²) >= 11 is 1.80. The highest BCUT2D eigenvalue weighted by atomic mass is 32.1. The van der Waals surface area contributed by atoms with E-state index in [0.29, 0.717) is 6.04 Å². The van der Waals surface area contributed by atoms with E-state index < -0.39 is 0 Å². The number of piperazine rings is 1. The van der Waals surface area contributed by atoms with E-state index in [1.165, 1.54) is 15.4 Å². The standard InChI is InChI=1S/C23H25N5S/c1-16-14-19-22(26-20-7-2-3-8-21(20)27-23(19)29-16)28-13-12-25-18(15-28)10-9-17-6-4-5-11-24-17/h2-8,11,14,18,25,27H,9-10,12-13,15H2,1H3/t18-/m0/s1. The summed E-state index contributed by atoms with van der Waals surface area (Å²) < 4.78 is 0. The third-order valence-corrected chi connectivity index (χ3v) is 6.47. The SMILES string of the molecule is Cc1cc2c(s1)Nc1ccccc1N=C2N1CCN[C@@H](CCc2ccccn2)C1. The summed E-state index contributed by atoms with van der Waals surface area (Å²) in [6.45, 7) is 5.06. The van der Waals surface area contributed by atoms with Crippen molar-refractivity contribution in [3.63, 3.8) is 0 Å². The molecule has 0 unspecified atom stereocenters. The van der Waals surface area contributed by atoms with Gasteiger partial charge in [0.1, 0.15) is 10.8 Å².